The maximum Gasteiger partial charge on any atom is 0.185 e. The Morgan fingerprint density at radius 1 is 1.35 bits per heavy atom. The molecule has 0 spiro atoms. The molecule has 2 unspecified atom stereocenters. The average molecular weight is 291 g/mol. The van der Waals surface area contributed by atoms with Crippen LogP contribution in [0.25, 0.3) is 10.9 Å². The van der Waals surface area contributed by atoms with Crippen LogP contribution in [0.2, 0.25) is 0 Å². The maximum absolute atomic E-state index is 10.8. The Labute approximate surface area is 121 Å². The summed E-state index contributed by atoms with van der Waals surface area (Å²) < 4.78 is 0. The molecule has 20 heavy (non-hydrogen) atoms. The van der Waals surface area contributed by atoms with E-state index in [4.69, 9.17) is 0 Å². The highest BCUT2D eigenvalue weighted by molar-refractivity contribution is 8.13. The van der Waals surface area contributed by atoms with Crippen molar-refractivity contribution in [2.24, 2.45) is 0 Å². The van der Waals surface area contributed by atoms with Gasteiger partial charge in [-0.2, -0.15) is 0 Å². The van der Waals surface area contributed by atoms with E-state index in [-0.39, 0.29) is 5.12 Å². The van der Waals surface area contributed by atoms with Crippen LogP contribution >= 0.6 is 11.8 Å². The van der Waals surface area contributed by atoms with Crippen LogP contribution in [0, 0.1) is 0 Å². The minimum atomic E-state index is -0.952. The van der Waals surface area contributed by atoms with Gasteiger partial charge in [-0.1, -0.05) is 23.9 Å². The number of carbonyl (C=O) groups is 1. The van der Waals surface area contributed by atoms with Crippen molar-refractivity contribution in [3.8, 4) is 0 Å². The van der Waals surface area contributed by atoms with Gasteiger partial charge in [0.2, 0.25) is 0 Å². The lowest BCUT2D eigenvalue weighted by Crippen LogP contribution is -2.19. The van der Waals surface area contributed by atoms with Gasteiger partial charge in [0.05, 0.1) is 11.6 Å². The van der Waals surface area contributed by atoms with Crippen molar-refractivity contribution in [1.82, 2.24) is 4.98 Å². The van der Waals surface area contributed by atoms with Gasteiger partial charge in [-0.25, -0.2) is 0 Å². The number of hydrogen-bond acceptors (Lipinski definition) is 5. The number of aliphatic hydroxyl groups is 2. The number of rotatable bonds is 5. The molecule has 1 aromatic heterocycles. The number of carbonyl (C=O) groups excluding carboxylic acids is 1. The van der Waals surface area contributed by atoms with Crippen LogP contribution in [0.1, 0.15) is 25.0 Å². The summed E-state index contributed by atoms with van der Waals surface area (Å²) in [6.07, 6.45) is 0.256. The summed E-state index contributed by atoms with van der Waals surface area (Å²) in [5.74, 6) is 0.503. The van der Waals surface area contributed by atoms with Crippen LogP contribution in [0.15, 0.2) is 36.5 Å². The molecule has 2 aromatic rings. The van der Waals surface area contributed by atoms with E-state index in [0.29, 0.717) is 17.7 Å². The topological polar surface area (TPSA) is 70.4 Å². The van der Waals surface area contributed by atoms with Gasteiger partial charge < -0.3 is 10.2 Å². The molecule has 0 fully saturated rings. The van der Waals surface area contributed by atoms with E-state index in [9.17, 15) is 15.0 Å². The minimum Gasteiger partial charge on any atom is -0.390 e. The molecule has 0 saturated carbocycles. The van der Waals surface area contributed by atoms with E-state index >= 15 is 0 Å². The van der Waals surface area contributed by atoms with Crippen LogP contribution in [0.3, 0.4) is 0 Å². The van der Waals surface area contributed by atoms with Gasteiger partial charge in [0.1, 0.15) is 6.10 Å². The van der Waals surface area contributed by atoms with Crippen molar-refractivity contribution < 1.29 is 15.0 Å². The van der Waals surface area contributed by atoms with E-state index in [1.807, 2.05) is 24.3 Å². The molecule has 2 N–H and O–H groups in total. The van der Waals surface area contributed by atoms with Gasteiger partial charge in [-0.3, -0.25) is 9.78 Å². The predicted molar refractivity (Wildman–Crippen MR) is 80.5 cm³/mol. The minimum absolute atomic E-state index is 0.0171. The molecule has 1 heterocycles. The first-order chi connectivity index (χ1) is 9.58. The molecule has 0 aliphatic heterocycles. The molecule has 0 radical (unpaired) electrons. The van der Waals surface area contributed by atoms with Crippen molar-refractivity contribution in [1.29, 1.82) is 0 Å². The van der Waals surface area contributed by atoms with Gasteiger partial charge in [-0.05, 0) is 30.2 Å². The first kappa shape index (κ1) is 15.0. The third-order valence-corrected chi connectivity index (χ3v) is 3.90. The Morgan fingerprint density at radius 2 is 2.15 bits per heavy atom. The maximum atomic E-state index is 10.8. The van der Waals surface area contributed by atoms with E-state index < -0.39 is 12.2 Å². The molecule has 106 valence electrons. The van der Waals surface area contributed by atoms with Crippen LogP contribution in [0.5, 0.6) is 0 Å². The van der Waals surface area contributed by atoms with Gasteiger partial charge in [0, 0.05) is 24.3 Å². The molecule has 0 aliphatic carbocycles. The molecule has 4 nitrogen and oxygen atoms in total. The number of thioether (sulfide) groups is 1. The highest BCUT2D eigenvalue weighted by Gasteiger charge is 2.18. The molecule has 5 heteroatoms. The Bertz CT molecular complexity index is 602. The van der Waals surface area contributed by atoms with Gasteiger partial charge in [-0.15, -0.1) is 0 Å². The molecular formula is C15H17NO3S. The standard InChI is InChI=1S/C15H17NO3S/c1-10(17)20-8-6-14(18)15(19)12-4-5-13-11(9-12)3-2-7-16-13/h2-5,7,9,14-15,18-19H,6,8H2,1H3. The largest absolute Gasteiger partial charge is 0.390 e. The fourth-order valence-corrected chi connectivity index (χ4v) is 2.63. The first-order valence-electron chi connectivity index (χ1n) is 6.42. The Hall–Kier alpha value is -1.43. The number of hydrogen-bond donors (Lipinski definition) is 2. The van der Waals surface area contributed by atoms with Crippen molar-refractivity contribution in [2.75, 3.05) is 5.75 Å². The number of aliphatic hydroxyl groups excluding tert-OH is 2. The van der Waals surface area contributed by atoms with Crippen molar-refractivity contribution in [2.45, 2.75) is 25.6 Å². The summed E-state index contributed by atoms with van der Waals surface area (Å²) in [6, 6.07) is 9.16. The predicted octanol–water partition coefficient (Wildman–Crippen LogP) is 2.30. The number of benzene rings is 1. The van der Waals surface area contributed by atoms with E-state index in [2.05, 4.69) is 4.98 Å². The summed E-state index contributed by atoms with van der Waals surface area (Å²) in [5, 5.41) is 21.1. The van der Waals surface area contributed by atoms with E-state index in [1.165, 1.54) is 6.92 Å². The van der Waals surface area contributed by atoms with Gasteiger partial charge in [0.15, 0.2) is 5.12 Å². The van der Waals surface area contributed by atoms with Crippen molar-refractivity contribution in [3.63, 3.8) is 0 Å². The molecule has 0 aliphatic rings. The summed E-state index contributed by atoms with van der Waals surface area (Å²) in [6.45, 7) is 1.49. The highest BCUT2D eigenvalue weighted by atomic mass is 32.2. The Balaban J connectivity index is 2.06. The van der Waals surface area contributed by atoms with Crippen LogP contribution in [-0.2, 0) is 4.79 Å². The van der Waals surface area contributed by atoms with E-state index in [1.54, 1.807) is 12.3 Å². The fraction of sp³-hybridized carbons (Fsp3) is 0.333. The van der Waals surface area contributed by atoms with Gasteiger partial charge >= 0.3 is 0 Å². The zero-order valence-electron chi connectivity index (χ0n) is 11.2. The number of fused-ring (bicyclic) bond motifs is 1. The lowest BCUT2D eigenvalue weighted by atomic mass is 10.0. The third-order valence-electron chi connectivity index (χ3n) is 3.05. The average Bonchev–Trinajstić information content (AvgIpc) is 2.45. The van der Waals surface area contributed by atoms with Crippen LogP contribution in [0.4, 0.5) is 0 Å². The fourth-order valence-electron chi connectivity index (χ4n) is 1.98. The molecule has 0 bridgehead atoms. The van der Waals surface area contributed by atoms with Crippen molar-refractivity contribution in [3.05, 3.63) is 42.1 Å². The summed E-state index contributed by atoms with van der Waals surface area (Å²) >= 11 is 1.15. The summed E-state index contributed by atoms with van der Waals surface area (Å²) in [4.78, 5) is 15.0. The smallest absolute Gasteiger partial charge is 0.185 e. The molecule has 2 atom stereocenters. The lowest BCUT2D eigenvalue weighted by molar-refractivity contribution is -0.109. The van der Waals surface area contributed by atoms with Crippen LogP contribution in [-0.4, -0.2) is 32.2 Å². The second-order valence-electron chi connectivity index (χ2n) is 4.60. The first-order valence-corrected chi connectivity index (χ1v) is 7.40. The SMILES string of the molecule is CC(=O)SCCC(O)C(O)c1ccc2ncccc2c1. The number of nitrogens with zero attached hydrogens (tertiary/aromatic N) is 1. The molecule has 0 saturated heterocycles. The van der Waals surface area contributed by atoms with Crippen LogP contribution < -0.4 is 0 Å². The number of aromatic nitrogens is 1. The Kier molecular flexibility index (Phi) is 5.11. The van der Waals surface area contributed by atoms with E-state index in [0.717, 1.165) is 22.7 Å². The molecule has 1 aromatic carbocycles. The molecule has 0 amide bonds. The normalized spacial score (nSPS) is 14.2. The lowest BCUT2D eigenvalue weighted by Gasteiger charge is -2.18. The van der Waals surface area contributed by atoms with Gasteiger partial charge in [0.25, 0.3) is 0 Å². The van der Waals surface area contributed by atoms with Crippen molar-refractivity contribution >= 4 is 27.8 Å². The summed E-state index contributed by atoms with van der Waals surface area (Å²) in [5.41, 5.74) is 1.51. The zero-order chi connectivity index (χ0) is 14.5. The summed E-state index contributed by atoms with van der Waals surface area (Å²) in [7, 11) is 0. The second kappa shape index (κ2) is 6.83. The third kappa shape index (κ3) is 3.79. The molecule has 2 rings (SSSR count). The molecular weight excluding hydrogens is 274 g/mol. The monoisotopic (exact) mass is 291 g/mol. The highest BCUT2D eigenvalue weighted by Crippen LogP contribution is 2.23. The zero-order valence-corrected chi connectivity index (χ0v) is 12.0. The second-order valence-corrected chi connectivity index (χ2v) is 5.87. The number of pyridine rings is 1. The quantitative estimate of drug-likeness (QED) is 0.884. The Morgan fingerprint density at radius 3 is 2.90 bits per heavy atom.